The first-order valence-electron chi connectivity index (χ1n) is 22.6. The second-order valence-corrected chi connectivity index (χ2v) is 18.5. The number of aromatic nitrogens is 2. The summed E-state index contributed by atoms with van der Waals surface area (Å²) in [5, 5.41) is 19.9. The number of carbonyl (C=O) groups is 4. The molecule has 14 nitrogen and oxygen atoms in total. The number of halogens is 3. The number of amides is 3. The van der Waals surface area contributed by atoms with Crippen molar-refractivity contribution in [2.75, 3.05) is 47.6 Å². The molecule has 4 aromatic carbocycles. The van der Waals surface area contributed by atoms with E-state index in [2.05, 4.69) is 25.8 Å². The number of likely N-dealkylation sites (tertiary alicyclic amines) is 1. The molecule has 4 N–H and O–H groups in total. The third-order valence-corrected chi connectivity index (χ3v) is 12.5. The molecule has 0 bridgehead atoms. The maximum absolute atomic E-state index is 14.4. The van der Waals surface area contributed by atoms with E-state index in [1.165, 1.54) is 7.11 Å². The minimum Gasteiger partial charge on any atom is -0.481 e. The zero-order chi connectivity index (χ0) is 48.8. The van der Waals surface area contributed by atoms with Gasteiger partial charge in [0.2, 0.25) is 17.7 Å². The Balaban J connectivity index is 1.16. The number of hydrogen-bond acceptors (Lipinski definition) is 9. The largest absolute Gasteiger partial charge is 0.481 e. The topological polar surface area (TPSA) is 167 Å². The number of methoxy groups -OCH3 is 1. The predicted octanol–water partition coefficient (Wildman–Crippen LogP) is 7.25. The average molecular weight is 973 g/mol. The third kappa shape index (κ3) is 14.3. The molecule has 68 heavy (non-hydrogen) atoms. The van der Waals surface area contributed by atoms with Gasteiger partial charge >= 0.3 is 5.97 Å². The normalized spacial score (nSPS) is 16.2. The van der Waals surface area contributed by atoms with Gasteiger partial charge in [-0.1, -0.05) is 71.7 Å². The minimum absolute atomic E-state index is 0.0860. The van der Waals surface area contributed by atoms with Crippen LogP contribution in [-0.4, -0.2) is 113 Å². The van der Waals surface area contributed by atoms with Crippen LogP contribution in [0.15, 0.2) is 103 Å². The summed E-state index contributed by atoms with van der Waals surface area (Å²) in [6.07, 6.45) is 2.82. The van der Waals surface area contributed by atoms with Crippen molar-refractivity contribution in [3.63, 3.8) is 0 Å². The van der Waals surface area contributed by atoms with Gasteiger partial charge in [0, 0.05) is 55.0 Å². The number of piperidine rings is 1. The Morgan fingerprint density at radius 3 is 2.32 bits per heavy atom. The second kappa shape index (κ2) is 24.4. The molecule has 0 radical (unpaired) electrons. The lowest BCUT2D eigenvalue weighted by Gasteiger charge is -2.45. The molecule has 3 amide bonds. The van der Waals surface area contributed by atoms with E-state index >= 15 is 0 Å². The molecule has 1 aromatic heterocycles. The van der Waals surface area contributed by atoms with Gasteiger partial charge in [0.1, 0.15) is 23.4 Å². The van der Waals surface area contributed by atoms with Crippen LogP contribution < -0.4 is 20.7 Å². The zero-order valence-corrected chi connectivity index (χ0v) is 40.4. The highest BCUT2D eigenvalue weighted by atomic mass is 35.5. The maximum atomic E-state index is 14.4. The summed E-state index contributed by atoms with van der Waals surface area (Å²) in [5.41, 5.74) is 3.22. The van der Waals surface area contributed by atoms with Gasteiger partial charge in [0.05, 0.1) is 55.6 Å². The van der Waals surface area contributed by atoms with E-state index in [9.17, 15) is 28.7 Å². The van der Waals surface area contributed by atoms with Crippen LogP contribution in [-0.2, 0) is 56.9 Å². The highest BCUT2D eigenvalue weighted by molar-refractivity contribution is 6.31. The number of carbonyl (C=O) groups excluding carboxylic acids is 3. The van der Waals surface area contributed by atoms with Gasteiger partial charge in [-0.25, -0.2) is 4.98 Å². The standard InChI is InChI=1S/C51H60Cl2FN7O7/c1-59(2)31-46-56-30-44(60(46)3)36-14-19-41(20-15-36)68-45-27-40(53)18-13-37(45)29-55-42(21-23-54)48(64)57-43(32-67-4)49(65)58-51(28-35-11-16-39(52)17-12-35)22-8-24-61(33-51)50(66)38(26-47(62)63)25-34-9-6-5-7-10-34/h5-7,9-20,27,30,38,42-43,55H,8,21-26,28-29,31-33H2,1-4H3,(H,57,64)(H,58,65)(H,62,63)/t38-,42+,43+,51-/m1/s1. The number of carboxylic acids is 1. The monoisotopic (exact) mass is 971 g/mol. The van der Waals surface area contributed by atoms with E-state index in [1.54, 1.807) is 35.2 Å². The first kappa shape index (κ1) is 51.5. The summed E-state index contributed by atoms with van der Waals surface area (Å²) in [7, 11) is 7.36. The van der Waals surface area contributed by atoms with Gasteiger partial charge in [0.15, 0.2) is 0 Å². The highest BCUT2D eigenvalue weighted by Crippen LogP contribution is 2.32. The molecule has 1 fully saturated rings. The smallest absolute Gasteiger partial charge is 0.304 e. The molecule has 0 unspecified atom stereocenters. The molecule has 1 aliphatic rings. The number of aliphatic carboxylic acids is 1. The lowest BCUT2D eigenvalue weighted by atomic mass is 9.82. The van der Waals surface area contributed by atoms with E-state index < -0.39 is 48.0 Å². The third-order valence-electron chi connectivity index (χ3n) is 12.0. The van der Waals surface area contributed by atoms with Crippen LogP contribution in [0.3, 0.4) is 0 Å². The van der Waals surface area contributed by atoms with Crippen LogP contribution in [0.1, 0.15) is 48.2 Å². The number of carboxylic acid groups (broad SMARTS) is 1. The van der Waals surface area contributed by atoms with E-state index in [1.807, 2.05) is 98.6 Å². The molecule has 4 atom stereocenters. The van der Waals surface area contributed by atoms with Gasteiger partial charge in [-0.3, -0.25) is 23.6 Å². The molecule has 0 saturated carbocycles. The number of imidazole rings is 1. The fourth-order valence-corrected chi connectivity index (χ4v) is 8.88. The molecule has 17 heteroatoms. The van der Waals surface area contributed by atoms with Crippen molar-refractivity contribution in [1.29, 1.82) is 0 Å². The first-order valence-corrected chi connectivity index (χ1v) is 23.3. The second-order valence-electron chi connectivity index (χ2n) is 17.6. The van der Waals surface area contributed by atoms with Crippen molar-refractivity contribution >= 4 is 46.9 Å². The Kier molecular flexibility index (Phi) is 18.5. The van der Waals surface area contributed by atoms with E-state index in [4.69, 9.17) is 32.7 Å². The number of ether oxygens (including phenoxy) is 2. The SMILES string of the molecule is COC[C@H](NC(=O)[C@H](CCF)NCc1ccc(Cl)cc1Oc1ccc(-c2cnc(CN(C)C)n2C)cc1)C(=O)N[C@@]1(Cc2ccc(Cl)cc2)CCCN(C(=O)[C@@H](CC(=O)O)Cc2ccccc2)C1. The lowest BCUT2D eigenvalue weighted by molar-refractivity contribution is -0.146. The quantitative estimate of drug-likeness (QED) is 0.0524. The Hall–Kier alpha value is -5.84. The number of nitrogens with one attached hydrogen (secondary N) is 3. The zero-order valence-electron chi connectivity index (χ0n) is 38.9. The Labute approximate surface area is 407 Å². The van der Waals surface area contributed by atoms with Gasteiger partial charge in [0.25, 0.3) is 0 Å². The summed E-state index contributed by atoms with van der Waals surface area (Å²) in [4.78, 5) is 62.9. The predicted molar refractivity (Wildman–Crippen MR) is 260 cm³/mol. The molecule has 5 aromatic rings. The Morgan fingerprint density at radius 2 is 1.65 bits per heavy atom. The average Bonchev–Trinajstić information content (AvgIpc) is 3.67. The van der Waals surface area contributed by atoms with Crippen molar-refractivity contribution < 1.29 is 38.1 Å². The molecule has 1 aliphatic heterocycles. The number of benzene rings is 4. The molecule has 0 spiro atoms. The minimum atomic E-state index is -1.20. The molecular formula is C51H60Cl2FN7O7. The fourth-order valence-electron chi connectivity index (χ4n) is 8.59. The van der Waals surface area contributed by atoms with Gasteiger partial charge < -0.3 is 44.9 Å². The Bertz CT molecular complexity index is 2480. The van der Waals surface area contributed by atoms with Crippen LogP contribution in [0.2, 0.25) is 10.0 Å². The molecule has 0 aliphatic carbocycles. The van der Waals surface area contributed by atoms with Crippen LogP contribution in [0.4, 0.5) is 4.39 Å². The maximum Gasteiger partial charge on any atom is 0.304 e. The fraction of sp³-hybridized carbons (Fsp3) is 0.392. The van der Waals surface area contributed by atoms with Crippen LogP contribution in [0.5, 0.6) is 11.5 Å². The number of rotatable bonds is 23. The molecular weight excluding hydrogens is 913 g/mol. The molecule has 2 heterocycles. The number of nitrogens with zero attached hydrogens (tertiary/aromatic N) is 4. The molecule has 362 valence electrons. The van der Waals surface area contributed by atoms with Crippen molar-refractivity contribution in [3.05, 3.63) is 136 Å². The summed E-state index contributed by atoms with van der Waals surface area (Å²) in [5.74, 6) is -1.52. The summed E-state index contributed by atoms with van der Waals surface area (Å²) >= 11 is 12.6. The van der Waals surface area contributed by atoms with Crippen LogP contribution in [0.25, 0.3) is 11.3 Å². The highest BCUT2D eigenvalue weighted by Gasteiger charge is 2.42. The number of alkyl halides is 1. The van der Waals surface area contributed by atoms with Gasteiger partial charge in [-0.15, -0.1) is 0 Å². The molecule has 1 saturated heterocycles. The van der Waals surface area contributed by atoms with E-state index in [0.29, 0.717) is 59.5 Å². The Morgan fingerprint density at radius 1 is 0.926 bits per heavy atom. The first-order chi connectivity index (χ1) is 32.6. The lowest BCUT2D eigenvalue weighted by Crippen LogP contribution is -2.65. The molecule has 6 rings (SSSR count). The van der Waals surface area contributed by atoms with Crippen LogP contribution in [0, 0.1) is 5.92 Å². The summed E-state index contributed by atoms with van der Waals surface area (Å²) in [6.45, 7) is 0.220. The van der Waals surface area contributed by atoms with Crippen molar-refractivity contribution in [3.8, 4) is 22.8 Å². The summed E-state index contributed by atoms with van der Waals surface area (Å²) in [6, 6.07) is 26.9. The van der Waals surface area contributed by atoms with Crippen LogP contribution >= 0.6 is 23.2 Å². The van der Waals surface area contributed by atoms with E-state index in [-0.39, 0.29) is 44.9 Å². The summed E-state index contributed by atoms with van der Waals surface area (Å²) < 4.78 is 27.9. The van der Waals surface area contributed by atoms with Gasteiger partial charge in [-0.2, -0.15) is 0 Å². The van der Waals surface area contributed by atoms with Crippen molar-refractivity contribution in [2.24, 2.45) is 13.0 Å². The van der Waals surface area contributed by atoms with E-state index in [0.717, 1.165) is 28.2 Å². The van der Waals surface area contributed by atoms with Crippen molar-refractivity contribution in [1.82, 2.24) is 35.3 Å². The van der Waals surface area contributed by atoms with Crippen molar-refractivity contribution in [2.45, 2.75) is 69.2 Å². The van der Waals surface area contributed by atoms with Gasteiger partial charge in [-0.05, 0) is 106 Å². The number of hydrogen-bond donors (Lipinski definition) is 4.